The van der Waals surface area contributed by atoms with Gasteiger partial charge in [-0.1, -0.05) is 38.0 Å². The summed E-state index contributed by atoms with van der Waals surface area (Å²) >= 11 is 0. The average molecular weight is 292 g/mol. The Hall–Kier alpha value is -1.42. The quantitative estimate of drug-likeness (QED) is 0.759. The van der Waals surface area contributed by atoms with E-state index in [1.54, 1.807) is 12.1 Å². The third kappa shape index (κ3) is 3.62. The fraction of sp³-hybridized carbons (Fsp3) is 0.588. The second kappa shape index (κ2) is 7.55. The Balaban J connectivity index is 2.05. The third-order valence-corrected chi connectivity index (χ3v) is 4.30. The van der Waals surface area contributed by atoms with Crippen molar-refractivity contribution in [3.8, 4) is 0 Å². The molecule has 1 aromatic carbocycles. The van der Waals surface area contributed by atoms with Crippen molar-refractivity contribution in [2.24, 2.45) is 0 Å². The lowest BCUT2D eigenvalue weighted by Crippen LogP contribution is -2.45. The molecule has 3 nitrogen and oxygen atoms in total. The maximum absolute atomic E-state index is 14.1. The van der Waals surface area contributed by atoms with E-state index in [1.165, 1.54) is 6.07 Å². The van der Waals surface area contributed by atoms with Gasteiger partial charge in [0.1, 0.15) is 5.82 Å². The van der Waals surface area contributed by atoms with Gasteiger partial charge in [0.25, 0.3) is 0 Å². The molecule has 1 saturated carbocycles. The van der Waals surface area contributed by atoms with Crippen molar-refractivity contribution in [1.29, 1.82) is 0 Å². The van der Waals surface area contributed by atoms with Crippen LogP contribution in [0.4, 0.5) is 4.39 Å². The highest BCUT2D eigenvalue weighted by Crippen LogP contribution is 2.42. The highest BCUT2D eigenvalue weighted by Gasteiger charge is 2.43. The lowest BCUT2D eigenvalue weighted by Gasteiger charge is -2.28. The van der Waals surface area contributed by atoms with Crippen LogP contribution in [0.2, 0.25) is 0 Å². The first-order valence-electron chi connectivity index (χ1n) is 7.95. The largest absolute Gasteiger partial charge is 0.354 e. The second-order valence-corrected chi connectivity index (χ2v) is 5.77. The van der Waals surface area contributed by atoms with E-state index in [2.05, 4.69) is 17.6 Å². The standard InChI is InChI=1S/C17H25FN2O/c1-2-11-19-12-13-20-16(21)17(9-5-6-10-17)14-7-3-4-8-15(14)18/h3-4,7-8,19H,2,5-6,9-13H2,1H3,(H,20,21). The normalized spacial score (nSPS) is 16.9. The van der Waals surface area contributed by atoms with Crippen molar-refractivity contribution >= 4 is 5.91 Å². The summed E-state index contributed by atoms with van der Waals surface area (Å²) in [7, 11) is 0. The van der Waals surface area contributed by atoms with Crippen LogP contribution in [0.15, 0.2) is 24.3 Å². The highest BCUT2D eigenvalue weighted by atomic mass is 19.1. The number of hydrogen-bond acceptors (Lipinski definition) is 2. The molecule has 1 aliphatic carbocycles. The monoisotopic (exact) mass is 292 g/mol. The van der Waals surface area contributed by atoms with Crippen LogP contribution in [-0.2, 0) is 10.2 Å². The predicted octanol–water partition coefficient (Wildman–Crippen LogP) is 2.75. The molecular formula is C17H25FN2O. The lowest BCUT2D eigenvalue weighted by molar-refractivity contribution is -0.126. The maximum Gasteiger partial charge on any atom is 0.230 e. The number of carbonyl (C=O) groups excluding carboxylic acids is 1. The first-order valence-corrected chi connectivity index (χ1v) is 7.95. The number of nitrogens with one attached hydrogen (secondary N) is 2. The predicted molar refractivity (Wildman–Crippen MR) is 82.7 cm³/mol. The molecule has 0 radical (unpaired) electrons. The smallest absolute Gasteiger partial charge is 0.230 e. The molecule has 0 aliphatic heterocycles. The average Bonchev–Trinajstić information content (AvgIpc) is 2.98. The van der Waals surface area contributed by atoms with Crippen molar-refractivity contribution in [2.45, 2.75) is 44.4 Å². The van der Waals surface area contributed by atoms with E-state index in [-0.39, 0.29) is 11.7 Å². The van der Waals surface area contributed by atoms with Crippen molar-refractivity contribution in [2.75, 3.05) is 19.6 Å². The fourth-order valence-corrected chi connectivity index (χ4v) is 3.18. The maximum atomic E-state index is 14.1. The van der Waals surface area contributed by atoms with Crippen molar-refractivity contribution < 1.29 is 9.18 Å². The van der Waals surface area contributed by atoms with Crippen LogP contribution in [0, 0.1) is 5.82 Å². The topological polar surface area (TPSA) is 41.1 Å². The molecule has 1 aromatic rings. The van der Waals surface area contributed by atoms with E-state index in [0.29, 0.717) is 12.1 Å². The van der Waals surface area contributed by atoms with Crippen LogP contribution in [0.3, 0.4) is 0 Å². The Morgan fingerprint density at radius 2 is 1.90 bits per heavy atom. The number of carbonyl (C=O) groups is 1. The van der Waals surface area contributed by atoms with Gasteiger partial charge in [0.2, 0.25) is 5.91 Å². The molecule has 21 heavy (non-hydrogen) atoms. The highest BCUT2D eigenvalue weighted by molar-refractivity contribution is 5.88. The van der Waals surface area contributed by atoms with Gasteiger partial charge in [-0.05, 0) is 31.9 Å². The molecule has 0 heterocycles. The minimum atomic E-state index is -0.671. The van der Waals surface area contributed by atoms with E-state index >= 15 is 0 Å². The minimum absolute atomic E-state index is 0.0246. The lowest BCUT2D eigenvalue weighted by atomic mass is 9.77. The Morgan fingerprint density at radius 1 is 1.19 bits per heavy atom. The van der Waals surface area contributed by atoms with E-state index in [9.17, 15) is 9.18 Å². The van der Waals surface area contributed by atoms with Crippen LogP contribution in [0.5, 0.6) is 0 Å². The Labute approximate surface area is 126 Å². The summed E-state index contributed by atoms with van der Waals surface area (Å²) in [4.78, 5) is 12.6. The van der Waals surface area contributed by atoms with Gasteiger partial charge in [-0.2, -0.15) is 0 Å². The summed E-state index contributed by atoms with van der Waals surface area (Å²) < 4.78 is 14.1. The van der Waals surface area contributed by atoms with Gasteiger partial charge >= 0.3 is 0 Å². The third-order valence-electron chi connectivity index (χ3n) is 4.30. The zero-order valence-corrected chi connectivity index (χ0v) is 12.8. The summed E-state index contributed by atoms with van der Waals surface area (Å²) in [6.45, 7) is 4.41. The van der Waals surface area contributed by atoms with Gasteiger partial charge in [-0.3, -0.25) is 4.79 Å². The Bertz CT molecular complexity index is 470. The molecule has 1 amide bonds. The zero-order valence-electron chi connectivity index (χ0n) is 12.8. The molecule has 0 saturated heterocycles. The van der Waals surface area contributed by atoms with Crippen LogP contribution in [-0.4, -0.2) is 25.5 Å². The van der Waals surface area contributed by atoms with Gasteiger partial charge in [0.05, 0.1) is 5.41 Å². The molecule has 0 atom stereocenters. The van der Waals surface area contributed by atoms with Crippen molar-refractivity contribution in [3.05, 3.63) is 35.6 Å². The van der Waals surface area contributed by atoms with E-state index in [0.717, 1.165) is 45.2 Å². The number of benzene rings is 1. The number of halogens is 1. The number of rotatable bonds is 7. The number of hydrogen-bond donors (Lipinski definition) is 2. The summed E-state index contributed by atoms with van der Waals surface area (Å²) in [5.74, 6) is -0.290. The Kier molecular flexibility index (Phi) is 5.74. The molecule has 116 valence electrons. The molecule has 1 aliphatic rings. The summed E-state index contributed by atoms with van der Waals surface area (Å²) in [6.07, 6.45) is 4.52. The van der Waals surface area contributed by atoms with Gasteiger partial charge in [0, 0.05) is 18.7 Å². The van der Waals surface area contributed by atoms with Gasteiger partial charge < -0.3 is 10.6 Å². The van der Waals surface area contributed by atoms with Crippen LogP contribution in [0.25, 0.3) is 0 Å². The second-order valence-electron chi connectivity index (χ2n) is 5.77. The molecule has 1 fully saturated rings. The Morgan fingerprint density at radius 3 is 2.57 bits per heavy atom. The van der Waals surface area contributed by atoms with Crippen molar-refractivity contribution in [1.82, 2.24) is 10.6 Å². The first-order chi connectivity index (χ1) is 10.2. The summed E-state index contributed by atoms with van der Waals surface area (Å²) in [5, 5.41) is 6.24. The SMILES string of the molecule is CCCNCCNC(=O)C1(c2ccccc2F)CCCC1. The van der Waals surface area contributed by atoms with Gasteiger partial charge in [0.15, 0.2) is 0 Å². The first kappa shape index (κ1) is 16.0. The van der Waals surface area contributed by atoms with Gasteiger partial charge in [-0.25, -0.2) is 4.39 Å². The molecule has 0 aromatic heterocycles. The summed E-state index contributed by atoms with van der Waals surface area (Å²) in [6, 6.07) is 6.70. The van der Waals surface area contributed by atoms with Crippen LogP contribution >= 0.6 is 0 Å². The van der Waals surface area contributed by atoms with Crippen LogP contribution in [0.1, 0.15) is 44.6 Å². The molecule has 4 heteroatoms. The molecular weight excluding hydrogens is 267 g/mol. The zero-order chi connectivity index (χ0) is 15.1. The van der Waals surface area contributed by atoms with Crippen molar-refractivity contribution in [3.63, 3.8) is 0 Å². The van der Waals surface area contributed by atoms with Crippen LogP contribution < -0.4 is 10.6 Å². The van der Waals surface area contributed by atoms with E-state index < -0.39 is 5.41 Å². The molecule has 2 rings (SSSR count). The molecule has 2 N–H and O–H groups in total. The minimum Gasteiger partial charge on any atom is -0.354 e. The fourth-order valence-electron chi connectivity index (χ4n) is 3.18. The van der Waals surface area contributed by atoms with E-state index in [1.807, 2.05) is 6.07 Å². The van der Waals surface area contributed by atoms with Gasteiger partial charge in [-0.15, -0.1) is 0 Å². The molecule has 0 bridgehead atoms. The summed E-state index contributed by atoms with van der Waals surface area (Å²) in [5.41, 5.74) is -0.114. The van der Waals surface area contributed by atoms with E-state index in [4.69, 9.17) is 0 Å². The molecule has 0 unspecified atom stereocenters. The number of amides is 1. The molecule has 0 spiro atoms.